The molecule has 0 bridgehead atoms. The van der Waals surface area contributed by atoms with Gasteiger partial charge in [0, 0.05) is 45.1 Å². The number of likely N-dealkylation sites (tertiary alicyclic amines) is 1. The van der Waals surface area contributed by atoms with Gasteiger partial charge in [-0.1, -0.05) is 6.92 Å². The van der Waals surface area contributed by atoms with Gasteiger partial charge < -0.3 is 10.2 Å². The van der Waals surface area contributed by atoms with E-state index in [1.807, 2.05) is 14.0 Å². The van der Waals surface area contributed by atoms with Gasteiger partial charge in [-0.2, -0.15) is 0 Å². The lowest BCUT2D eigenvalue weighted by Crippen LogP contribution is -2.46. The fourth-order valence-electron chi connectivity index (χ4n) is 3.32. The minimum absolute atomic E-state index is 0. The molecule has 0 aromatic carbocycles. The molecule has 2 heterocycles. The second kappa shape index (κ2) is 12.6. The number of rotatable bonds is 9. The molecule has 1 aliphatic rings. The van der Waals surface area contributed by atoms with E-state index in [0.717, 1.165) is 25.6 Å². The van der Waals surface area contributed by atoms with E-state index in [1.165, 1.54) is 31.6 Å². The third kappa shape index (κ3) is 7.45. The molecular weight excluding hydrogens is 491 g/mol. The Kier molecular flexibility index (Phi) is 11.2. The summed E-state index contributed by atoms with van der Waals surface area (Å²) in [6, 6.07) is 3.68. The molecule has 10 heteroatoms. The van der Waals surface area contributed by atoms with E-state index in [9.17, 15) is 8.42 Å². The van der Waals surface area contributed by atoms with Crippen molar-refractivity contribution in [2.75, 3.05) is 46.3 Å². The molecule has 1 fully saturated rings. The van der Waals surface area contributed by atoms with Crippen LogP contribution in [0, 0.1) is 0 Å². The Morgan fingerprint density at radius 1 is 1.43 bits per heavy atom. The maximum atomic E-state index is 12.2. The molecule has 0 aliphatic carbocycles. The molecule has 1 aliphatic heterocycles. The molecule has 8 nitrogen and oxygen atoms in total. The highest BCUT2D eigenvalue weighted by molar-refractivity contribution is 14.0. The molecule has 1 atom stereocenters. The fraction of sp³-hybridized carbons (Fsp3) is 0.667. The second-order valence-corrected chi connectivity index (χ2v) is 8.39. The lowest BCUT2D eigenvalue weighted by molar-refractivity contribution is 0.232. The van der Waals surface area contributed by atoms with Crippen molar-refractivity contribution >= 4 is 40.0 Å². The molecule has 0 spiro atoms. The number of sulfonamides is 1. The van der Waals surface area contributed by atoms with Gasteiger partial charge in [0.15, 0.2) is 5.96 Å². The summed E-state index contributed by atoms with van der Waals surface area (Å²) in [4.78, 5) is 13.2. The van der Waals surface area contributed by atoms with E-state index in [2.05, 4.69) is 36.7 Å². The van der Waals surface area contributed by atoms with Gasteiger partial charge in [0.25, 0.3) is 0 Å². The smallest absolute Gasteiger partial charge is 0.242 e. The molecule has 1 saturated heterocycles. The third-order valence-electron chi connectivity index (χ3n) is 4.70. The van der Waals surface area contributed by atoms with Crippen LogP contribution in [-0.2, 0) is 10.0 Å². The van der Waals surface area contributed by atoms with Crippen LogP contribution < -0.4 is 10.0 Å². The molecule has 2 rings (SSSR count). The molecule has 1 aromatic heterocycles. The molecule has 0 radical (unpaired) electrons. The highest BCUT2D eigenvalue weighted by atomic mass is 127. The molecule has 2 N–H and O–H groups in total. The van der Waals surface area contributed by atoms with E-state index >= 15 is 0 Å². The van der Waals surface area contributed by atoms with Crippen molar-refractivity contribution in [2.45, 2.75) is 37.6 Å². The number of nitrogens with one attached hydrogen (secondary N) is 2. The van der Waals surface area contributed by atoms with Crippen LogP contribution in [0.4, 0.5) is 0 Å². The summed E-state index contributed by atoms with van der Waals surface area (Å²) >= 11 is 0. The average molecular weight is 524 g/mol. The van der Waals surface area contributed by atoms with E-state index in [1.54, 1.807) is 12.3 Å². The van der Waals surface area contributed by atoms with Crippen LogP contribution >= 0.6 is 24.0 Å². The number of aliphatic imine (C=N–C) groups is 1. The molecule has 28 heavy (non-hydrogen) atoms. The minimum Gasteiger partial charge on any atom is -0.357 e. The maximum absolute atomic E-state index is 12.2. The van der Waals surface area contributed by atoms with E-state index in [4.69, 9.17) is 0 Å². The monoisotopic (exact) mass is 524 g/mol. The van der Waals surface area contributed by atoms with Crippen LogP contribution in [0.2, 0.25) is 0 Å². The summed E-state index contributed by atoms with van der Waals surface area (Å²) < 4.78 is 27.0. The van der Waals surface area contributed by atoms with E-state index < -0.39 is 10.0 Å². The SMILES string of the molecule is CCNC(=NCCNS(=O)(=O)c1cccnc1)N(C)CC1CCCN1CC.I. The summed E-state index contributed by atoms with van der Waals surface area (Å²) in [6.45, 7) is 8.77. The number of nitrogens with zero attached hydrogens (tertiary/aromatic N) is 4. The number of pyridine rings is 1. The fourth-order valence-corrected chi connectivity index (χ4v) is 4.31. The van der Waals surface area contributed by atoms with Crippen molar-refractivity contribution in [3.05, 3.63) is 24.5 Å². The average Bonchev–Trinajstić information content (AvgIpc) is 3.12. The first kappa shape index (κ1) is 25.1. The van der Waals surface area contributed by atoms with Crippen molar-refractivity contribution in [1.82, 2.24) is 24.8 Å². The Balaban J connectivity index is 0.00000392. The topological polar surface area (TPSA) is 89.9 Å². The van der Waals surface area contributed by atoms with Crippen molar-refractivity contribution < 1.29 is 8.42 Å². The first-order valence-electron chi connectivity index (χ1n) is 9.61. The molecule has 0 amide bonds. The predicted octanol–water partition coefficient (Wildman–Crippen LogP) is 1.36. The highest BCUT2D eigenvalue weighted by Gasteiger charge is 2.24. The first-order valence-corrected chi connectivity index (χ1v) is 11.1. The number of halogens is 1. The Labute approximate surface area is 186 Å². The summed E-state index contributed by atoms with van der Waals surface area (Å²) in [5.74, 6) is 0.807. The Bertz CT molecular complexity index is 701. The zero-order valence-corrected chi connectivity index (χ0v) is 20.1. The zero-order valence-electron chi connectivity index (χ0n) is 17.0. The van der Waals surface area contributed by atoms with Crippen LogP contribution in [0.25, 0.3) is 0 Å². The standard InChI is InChI=1S/C18H32N6O2S.HI/c1-4-20-18(23(3)15-16-8-7-13-24(16)5-2)21-11-12-22-27(25,26)17-9-6-10-19-14-17;/h6,9-10,14,16,22H,4-5,7-8,11-13,15H2,1-3H3,(H,20,21);1H. The minimum atomic E-state index is -3.54. The van der Waals surface area contributed by atoms with E-state index in [-0.39, 0.29) is 35.4 Å². The second-order valence-electron chi connectivity index (χ2n) is 6.63. The number of hydrogen-bond acceptors (Lipinski definition) is 5. The van der Waals surface area contributed by atoms with Gasteiger partial charge in [-0.3, -0.25) is 14.9 Å². The third-order valence-corrected chi connectivity index (χ3v) is 6.14. The Hall–Kier alpha value is -0.980. The van der Waals surface area contributed by atoms with Crippen LogP contribution in [0.5, 0.6) is 0 Å². The van der Waals surface area contributed by atoms with Crippen molar-refractivity contribution in [3.63, 3.8) is 0 Å². The summed E-state index contributed by atoms with van der Waals surface area (Å²) in [7, 11) is -1.51. The summed E-state index contributed by atoms with van der Waals surface area (Å²) in [6.07, 6.45) is 5.34. The molecule has 1 unspecified atom stereocenters. The maximum Gasteiger partial charge on any atom is 0.242 e. The van der Waals surface area contributed by atoms with Crippen molar-refractivity contribution in [3.8, 4) is 0 Å². The summed E-state index contributed by atoms with van der Waals surface area (Å²) in [5, 5.41) is 3.29. The number of aromatic nitrogens is 1. The predicted molar refractivity (Wildman–Crippen MR) is 124 cm³/mol. The molecule has 160 valence electrons. The Morgan fingerprint density at radius 2 is 2.21 bits per heavy atom. The first-order chi connectivity index (χ1) is 13.0. The lowest BCUT2D eigenvalue weighted by atomic mass is 10.2. The van der Waals surface area contributed by atoms with Crippen LogP contribution in [0.1, 0.15) is 26.7 Å². The molecule has 1 aromatic rings. The lowest BCUT2D eigenvalue weighted by Gasteiger charge is -2.29. The van der Waals surface area contributed by atoms with Gasteiger partial charge >= 0.3 is 0 Å². The van der Waals surface area contributed by atoms with Crippen molar-refractivity contribution in [1.29, 1.82) is 0 Å². The largest absolute Gasteiger partial charge is 0.357 e. The summed E-state index contributed by atoms with van der Waals surface area (Å²) in [5.41, 5.74) is 0. The molecule has 0 saturated carbocycles. The number of hydrogen-bond donors (Lipinski definition) is 2. The highest BCUT2D eigenvalue weighted by Crippen LogP contribution is 2.17. The van der Waals surface area contributed by atoms with Crippen LogP contribution in [-0.4, -0.2) is 81.5 Å². The Morgan fingerprint density at radius 3 is 2.86 bits per heavy atom. The van der Waals surface area contributed by atoms with Gasteiger partial charge in [0.05, 0.1) is 6.54 Å². The zero-order chi connectivity index (χ0) is 19.7. The van der Waals surface area contributed by atoms with Crippen LogP contribution in [0.15, 0.2) is 34.4 Å². The van der Waals surface area contributed by atoms with Crippen LogP contribution in [0.3, 0.4) is 0 Å². The quantitative estimate of drug-likeness (QED) is 0.220. The van der Waals surface area contributed by atoms with Gasteiger partial charge in [-0.25, -0.2) is 13.1 Å². The number of likely N-dealkylation sites (N-methyl/N-ethyl adjacent to an activating group) is 2. The van der Waals surface area contributed by atoms with Gasteiger partial charge in [0.1, 0.15) is 4.90 Å². The van der Waals surface area contributed by atoms with Gasteiger partial charge in [0.2, 0.25) is 10.0 Å². The van der Waals surface area contributed by atoms with Gasteiger partial charge in [-0.05, 0) is 45.0 Å². The number of guanidine groups is 1. The van der Waals surface area contributed by atoms with Crippen molar-refractivity contribution in [2.24, 2.45) is 4.99 Å². The van der Waals surface area contributed by atoms with Gasteiger partial charge in [-0.15, -0.1) is 24.0 Å². The van der Waals surface area contributed by atoms with E-state index in [0.29, 0.717) is 12.6 Å². The molecular formula is C18H33IN6O2S. The normalized spacial score (nSPS) is 18.0.